The summed E-state index contributed by atoms with van der Waals surface area (Å²) in [6.45, 7) is 8.05. The molecule has 2 aromatic heterocycles. The number of aromatic nitrogens is 3. The highest BCUT2D eigenvalue weighted by Gasteiger charge is 2.23. The summed E-state index contributed by atoms with van der Waals surface area (Å²) < 4.78 is 6.98. The molecule has 2 atom stereocenters. The maximum absolute atomic E-state index is 13.4. The number of ketones is 1. The van der Waals surface area contributed by atoms with Gasteiger partial charge in [-0.05, 0) is 69.0 Å². The molecule has 3 aromatic rings. The summed E-state index contributed by atoms with van der Waals surface area (Å²) in [5.74, 6) is 0.242. The fourth-order valence-corrected chi connectivity index (χ4v) is 4.83. The molecule has 0 aliphatic rings. The van der Waals surface area contributed by atoms with E-state index in [9.17, 15) is 14.7 Å². The number of hydrogen-bond donors (Lipinski definition) is 2. The zero-order chi connectivity index (χ0) is 26.8. The van der Waals surface area contributed by atoms with Crippen molar-refractivity contribution in [2.75, 3.05) is 6.54 Å². The average molecular weight is 527 g/mol. The topological polar surface area (TPSA) is 106 Å². The van der Waals surface area contributed by atoms with E-state index in [4.69, 9.17) is 4.74 Å². The fraction of sp³-hybridized carbons (Fsp3) is 0.500. The second-order valence-electron chi connectivity index (χ2n) is 10.4. The van der Waals surface area contributed by atoms with Crippen LogP contribution < -0.4 is 5.32 Å². The zero-order valence-electron chi connectivity index (χ0n) is 22.1. The third kappa shape index (κ3) is 9.40. The number of ether oxygens (including phenoxy) is 1. The number of amides is 1. The number of benzene rings is 1. The van der Waals surface area contributed by atoms with E-state index in [0.29, 0.717) is 19.4 Å². The summed E-state index contributed by atoms with van der Waals surface area (Å²) >= 11 is 1.72. The molecule has 0 saturated carbocycles. The van der Waals surface area contributed by atoms with Crippen LogP contribution in [0.5, 0.6) is 0 Å². The molecule has 9 heteroatoms. The normalized spacial score (nSPS) is 13.2. The summed E-state index contributed by atoms with van der Waals surface area (Å²) in [5, 5.41) is 22.9. The molecule has 1 amide bonds. The van der Waals surface area contributed by atoms with Crippen LogP contribution in [0.4, 0.5) is 4.79 Å². The van der Waals surface area contributed by atoms with Crippen molar-refractivity contribution in [2.24, 2.45) is 0 Å². The van der Waals surface area contributed by atoms with Gasteiger partial charge in [-0.1, -0.05) is 42.5 Å². The molecule has 0 radical (unpaired) electrons. The van der Waals surface area contributed by atoms with E-state index in [1.807, 2.05) is 57.3 Å². The van der Waals surface area contributed by atoms with Gasteiger partial charge in [0.2, 0.25) is 0 Å². The fourth-order valence-electron chi connectivity index (χ4n) is 3.99. The van der Waals surface area contributed by atoms with E-state index in [0.717, 1.165) is 29.7 Å². The molecule has 2 N–H and O–H groups in total. The number of rotatable bonds is 13. The minimum atomic E-state index is -0.539. The highest BCUT2D eigenvalue weighted by atomic mass is 32.1. The Hall–Kier alpha value is -3.04. The Balaban J connectivity index is 1.64. The summed E-state index contributed by atoms with van der Waals surface area (Å²) in [4.78, 5) is 26.6. The predicted octanol–water partition coefficient (Wildman–Crippen LogP) is 5.23. The van der Waals surface area contributed by atoms with Gasteiger partial charge in [0.15, 0.2) is 5.78 Å². The molecule has 3 rings (SSSR count). The lowest BCUT2D eigenvalue weighted by atomic mass is 9.98. The van der Waals surface area contributed by atoms with Gasteiger partial charge in [0.25, 0.3) is 0 Å². The number of Topliss-reactive ketones (excluding diaryl/α,β-unsaturated/α-hetero) is 1. The average Bonchev–Trinajstić information content (AvgIpc) is 3.53. The molecule has 0 aliphatic heterocycles. The Labute approximate surface area is 223 Å². The summed E-state index contributed by atoms with van der Waals surface area (Å²) in [6, 6.07) is 11.1. The Bertz CT molecular complexity index is 1120. The quantitative estimate of drug-likeness (QED) is 0.296. The van der Waals surface area contributed by atoms with E-state index in [1.54, 1.807) is 16.0 Å². The third-order valence-electron chi connectivity index (χ3n) is 5.97. The number of unbranched alkanes of at least 4 members (excludes halogenated alkanes) is 1. The summed E-state index contributed by atoms with van der Waals surface area (Å²) in [5.41, 5.74) is 2.03. The van der Waals surface area contributed by atoms with Crippen molar-refractivity contribution in [3.8, 4) is 0 Å². The number of hydrogen-bond acceptors (Lipinski definition) is 7. The minimum absolute atomic E-state index is 0.0282. The molecule has 0 saturated heterocycles. The van der Waals surface area contributed by atoms with Crippen molar-refractivity contribution in [1.82, 2.24) is 20.3 Å². The summed E-state index contributed by atoms with van der Waals surface area (Å²) in [6.07, 6.45) is 4.64. The van der Waals surface area contributed by atoms with Gasteiger partial charge in [0, 0.05) is 30.0 Å². The lowest BCUT2D eigenvalue weighted by Gasteiger charge is -2.20. The smallest absolute Gasteiger partial charge is 0.407 e. The van der Waals surface area contributed by atoms with Crippen molar-refractivity contribution in [1.29, 1.82) is 0 Å². The lowest BCUT2D eigenvalue weighted by Crippen LogP contribution is -2.33. The van der Waals surface area contributed by atoms with Crippen molar-refractivity contribution in [2.45, 2.75) is 84.0 Å². The third-order valence-corrected chi connectivity index (χ3v) is 6.87. The molecule has 0 bridgehead atoms. The highest BCUT2D eigenvalue weighted by Crippen LogP contribution is 2.24. The molecule has 0 unspecified atom stereocenters. The molecular formula is C28H38N4O4S. The lowest BCUT2D eigenvalue weighted by molar-refractivity contribution is -0.122. The second kappa shape index (κ2) is 13.5. The van der Waals surface area contributed by atoms with Crippen LogP contribution in [-0.2, 0) is 29.0 Å². The number of carbonyl (C=O) groups excluding carboxylic acids is 2. The van der Waals surface area contributed by atoms with Crippen LogP contribution in [0, 0.1) is 0 Å². The largest absolute Gasteiger partial charge is 0.444 e. The standard InChI is InChI=1S/C28H38N4O4S/c1-20(16-23-8-7-15-37-23)24-18-32(31-30-24)25(9-5-6-14-29-27(35)36-28(2,3)4)26(34)17-21-10-12-22(19-33)13-11-21/h7-8,10-13,15,18,20,25,33H,5-6,9,14,16-17,19H2,1-4H3,(H,29,35)/t20-,25-/m0/s1. The van der Waals surface area contributed by atoms with Crippen molar-refractivity contribution < 1.29 is 19.4 Å². The van der Waals surface area contributed by atoms with Gasteiger partial charge in [0.1, 0.15) is 11.6 Å². The number of nitrogens with one attached hydrogen (secondary N) is 1. The Kier molecular flexibility index (Phi) is 10.4. The number of thiophene rings is 1. The first-order valence-electron chi connectivity index (χ1n) is 12.8. The van der Waals surface area contributed by atoms with Gasteiger partial charge in [-0.25, -0.2) is 9.48 Å². The van der Waals surface area contributed by atoms with Gasteiger partial charge in [-0.3, -0.25) is 4.79 Å². The molecule has 0 fully saturated rings. The van der Waals surface area contributed by atoms with Gasteiger partial charge in [-0.15, -0.1) is 16.4 Å². The van der Waals surface area contributed by atoms with Crippen LogP contribution >= 0.6 is 11.3 Å². The first kappa shape index (κ1) is 28.5. The van der Waals surface area contributed by atoms with E-state index in [-0.39, 0.29) is 24.7 Å². The van der Waals surface area contributed by atoms with Gasteiger partial charge in [0.05, 0.1) is 12.3 Å². The number of carbonyl (C=O) groups is 2. The Morgan fingerprint density at radius 2 is 1.86 bits per heavy atom. The van der Waals surface area contributed by atoms with Crippen LogP contribution in [0.1, 0.15) is 80.6 Å². The molecular weight excluding hydrogens is 488 g/mol. The Morgan fingerprint density at radius 3 is 2.51 bits per heavy atom. The van der Waals surface area contributed by atoms with Crippen molar-refractivity contribution >= 4 is 23.2 Å². The van der Waals surface area contributed by atoms with Crippen LogP contribution in [-0.4, -0.2) is 44.1 Å². The van der Waals surface area contributed by atoms with Crippen molar-refractivity contribution in [3.05, 3.63) is 69.7 Å². The SMILES string of the molecule is C[C@@H](Cc1cccs1)c1cn([C@@H](CCCCNC(=O)OC(C)(C)C)C(=O)Cc2ccc(CO)cc2)nn1. The number of alkyl carbamates (subject to hydrolysis) is 1. The molecule has 8 nitrogen and oxygen atoms in total. The van der Waals surface area contributed by atoms with Gasteiger partial charge in [-0.2, -0.15) is 0 Å². The van der Waals surface area contributed by atoms with E-state index >= 15 is 0 Å². The van der Waals surface area contributed by atoms with Gasteiger partial charge < -0.3 is 15.2 Å². The number of aliphatic hydroxyl groups excluding tert-OH is 1. The molecule has 200 valence electrons. The zero-order valence-corrected chi connectivity index (χ0v) is 23.0. The number of nitrogens with zero attached hydrogens (tertiary/aromatic N) is 3. The maximum atomic E-state index is 13.4. The minimum Gasteiger partial charge on any atom is -0.444 e. The highest BCUT2D eigenvalue weighted by molar-refractivity contribution is 7.09. The first-order valence-corrected chi connectivity index (χ1v) is 13.6. The van der Waals surface area contributed by atoms with E-state index in [2.05, 4.69) is 34.0 Å². The van der Waals surface area contributed by atoms with Crippen LogP contribution in [0.2, 0.25) is 0 Å². The number of aliphatic hydroxyl groups is 1. The van der Waals surface area contributed by atoms with Crippen LogP contribution in [0.25, 0.3) is 0 Å². The monoisotopic (exact) mass is 526 g/mol. The molecule has 2 heterocycles. The molecule has 0 aliphatic carbocycles. The Morgan fingerprint density at radius 1 is 1.14 bits per heavy atom. The molecule has 1 aromatic carbocycles. The molecule has 37 heavy (non-hydrogen) atoms. The first-order chi connectivity index (χ1) is 17.6. The van der Waals surface area contributed by atoms with E-state index < -0.39 is 17.7 Å². The van der Waals surface area contributed by atoms with Crippen LogP contribution in [0.3, 0.4) is 0 Å². The van der Waals surface area contributed by atoms with Crippen LogP contribution in [0.15, 0.2) is 48.0 Å². The van der Waals surface area contributed by atoms with E-state index in [1.165, 1.54) is 4.88 Å². The second-order valence-corrected chi connectivity index (χ2v) is 11.4. The maximum Gasteiger partial charge on any atom is 0.407 e. The summed E-state index contributed by atoms with van der Waals surface area (Å²) in [7, 11) is 0. The predicted molar refractivity (Wildman–Crippen MR) is 145 cm³/mol. The molecule has 0 spiro atoms. The van der Waals surface area contributed by atoms with Crippen molar-refractivity contribution in [3.63, 3.8) is 0 Å². The van der Waals surface area contributed by atoms with Gasteiger partial charge >= 0.3 is 6.09 Å².